The second-order valence-corrected chi connectivity index (χ2v) is 3.78. The molecule has 0 aliphatic heterocycles. The molecular formula is C12H16N4. The van der Waals surface area contributed by atoms with Gasteiger partial charge >= 0.3 is 0 Å². The summed E-state index contributed by atoms with van der Waals surface area (Å²) in [5.74, 6) is 1.02. The molecule has 4 nitrogen and oxygen atoms in total. The van der Waals surface area contributed by atoms with Gasteiger partial charge in [-0.1, -0.05) is 6.07 Å². The minimum Gasteiger partial charge on any atom is -0.330 e. The van der Waals surface area contributed by atoms with E-state index in [9.17, 15) is 0 Å². The SMILES string of the molecule is Cc1cccnc1Cn1ccnc1CCN. The van der Waals surface area contributed by atoms with Crippen molar-refractivity contribution in [3.8, 4) is 0 Å². The number of rotatable bonds is 4. The molecule has 0 aliphatic carbocycles. The normalized spacial score (nSPS) is 10.6. The molecule has 0 saturated heterocycles. The second-order valence-electron chi connectivity index (χ2n) is 3.78. The van der Waals surface area contributed by atoms with E-state index in [1.54, 1.807) is 0 Å². The van der Waals surface area contributed by atoms with E-state index in [1.165, 1.54) is 5.56 Å². The lowest BCUT2D eigenvalue weighted by Gasteiger charge is -2.08. The highest BCUT2D eigenvalue weighted by Gasteiger charge is 2.04. The molecule has 2 heterocycles. The fourth-order valence-corrected chi connectivity index (χ4v) is 1.69. The van der Waals surface area contributed by atoms with Gasteiger partial charge in [0.1, 0.15) is 5.82 Å². The average Bonchev–Trinajstić information content (AvgIpc) is 2.70. The Morgan fingerprint density at radius 2 is 2.19 bits per heavy atom. The fourth-order valence-electron chi connectivity index (χ4n) is 1.69. The van der Waals surface area contributed by atoms with E-state index in [2.05, 4.69) is 27.5 Å². The molecule has 0 atom stereocenters. The Kier molecular flexibility index (Phi) is 3.31. The first kappa shape index (κ1) is 10.8. The summed E-state index contributed by atoms with van der Waals surface area (Å²) in [6, 6.07) is 4.02. The van der Waals surface area contributed by atoms with E-state index >= 15 is 0 Å². The number of hydrogen-bond donors (Lipinski definition) is 1. The third-order valence-corrected chi connectivity index (χ3v) is 2.61. The highest BCUT2D eigenvalue weighted by atomic mass is 15.1. The first-order chi connectivity index (χ1) is 7.81. The van der Waals surface area contributed by atoms with Crippen molar-refractivity contribution in [1.82, 2.24) is 14.5 Å². The monoisotopic (exact) mass is 216 g/mol. The summed E-state index contributed by atoms with van der Waals surface area (Å²) in [5.41, 5.74) is 7.83. The number of imidazole rings is 1. The Morgan fingerprint density at radius 3 is 2.94 bits per heavy atom. The van der Waals surface area contributed by atoms with Gasteiger partial charge in [0.05, 0.1) is 12.2 Å². The predicted molar refractivity (Wildman–Crippen MR) is 63.1 cm³/mol. The van der Waals surface area contributed by atoms with Crippen molar-refractivity contribution < 1.29 is 0 Å². The summed E-state index contributed by atoms with van der Waals surface area (Å²) in [5, 5.41) is 0. The van der Waals surface area contributed by atoms with Gasteiger partial charge in [-0.25, -0.2) is 4.98 Å². The maximum Gasteiger partial charge on any atom is 0.110 e. The first-order valence-corrected chi connectivity index (χ1v) is 5.42. The number of aryl methyl sites for hydroxylation is 1. The Morgan fingerprint density at radius 1 is 1.31 bits per heavy atom. The number of nitrogens with two attached hydrogens (primary N) is 1. The maximum atomic E-state index is 5.54. The van der Waals surface area contributed by atoms with Crippen molar-refractivity contribution in [2.24, 2.45) is 5.73 Å². The third kappa shape index (κ3) is 2.28. The van der Waals surface area contributed by atoms with Crippen LogP contribution in [0.15, 0.2) is 30.7 Å². The smallest absolute Gasteiger partial charge is 0.110 e. The van der Waals surface area contributed by atoms with Gasteiger partial charge in [-0.15, -0.1) is 0 Å². The average molecular weight is 216 g/mol. The highest BCUT2D eigenvalue weighted by molar-refractivity contribution is 5.18. The van der Waals surface area contributed by atoms with E-state index in [-0.39, 0.29) is 0 Å². The van der Waals surface area contributed by atoms with Crippen LogP contribution in [-0.4, -0.2) is 21.1 Å². The Bertz CT molecular complexity index is 462. The number of hydrogen-bond acceptors (Lipinski definition) is 3. The van der Waals surface area contributed by atoms with Crippen LogP contribution in [0, 0.1) is 6.92 Å². The zero-order valence-corrected chi connectivity index (χ0v) is 9.43. The van der Waals surface area contributed by atoms with Gasteiger partial charge in [-0.2, -0.15) is 0 Å². The summed E-state index contributed by atoms with van der Waals surface area (Å²) in [6.07, 6.45) is 6.41. The zero-order valence-electron chi connectivity index (χ0n) is 9.43. The van der Waals surface area contributed by atoms with Crippen LogP contribution in [0.4, 0.5) is 0 Å². The summed E-state index contributed by atoms with van der Waals surface area (Å²) >= 11 is 0. The van der Waals surface area contributed by atoms with Crippen molar-refractivity contribution in [3.05, 3.63) is 47.8 Å². The molecule has 84 valence electrons. The molecule has 16 heavy (non-hydrogen) atoms. The molecule has 0 unspecified atom stereocenters. The third-order valence-electron chi connectivity index (χ3n) is 2.61. The van der Waals surface area contributed by atoms with E-state index in [0.29, 0.717) is 6.54 Å². The van der Waals surface area contributed by atoms with Crippen LogP contribution in [0.5, 0.6) is 0 Å². The van der Waals surface area contributed by atoms with Crippen molar-refractivity contribution in [2.45, 2.75) is 19.9 Å². The van der Waals surface area contributed by atoms with Gasteiger partial charge in [-0.05, 0) is 25.1 Å². The zero-order chi connectivity index (χ0) is 11.4. The van der Waals surface area contributed by atoms with Crippen LogP contribution in [0.1, 0.15) is 17.1 Å². The largest absolute Gasteiger partial charge is 0.330 e. The summed E-state index contributed by atoms with van der Waals surface area (Å²) < 4.78 is 2.10. The highest BCUT2D eigenvalue weighted by Crippen LogP contribution is 2.07. The standard InChI is InChI=1S/C12H16N4/c1-10-3-2-6-14-11(10)9-16-8-7-15-12(16)4-5-13/h2-3,6-8H,4-5,9,13H2,1H3. The van der Waals surface area contributed by atoms with Gasteiger partial charge in [-0.3, -0.25) is 4.98 Å². The Balaban J connectivity index is 2.20. The van der Waals surface area contributed by atoms with Crippen LogP contribution < -0.4 is 5.73 Å². The second kappa shape index (κ2) is 4.90. The van der Waals surface area contributed by atoms with Crippen molar-refractivity contribution >= 4 is 0 Å². The van der Waals surface area contributed by atoms with Gasteiger partial charge in [0.15, 0.2) is 0 Å². The summed E-state index contributed by atoms with van der Waals surface area (Å²) in [4.78, 5) is 8.66. The molecule has 0 radical (unpaired) electrons. The summed E-state index contributed by atoms with van der Waals surface area (Å²) in [7, 11) is 0. The van der Waals surface area contributed by atoms with Crippen LogP contribution in [0.2, 0.25) is 0 Å². The van der Waals surface area contributed by atoms with Crippen LogP contribution in [0.25, 0.3) is 0 Å². The molecule has 0 aromatic carbocycles. The van der Waals surface area contributed by atoms with Gasteiger partial charge in [0.25, 0.3) is 0 Å². The lowest BCUT2D eigenvalue weighted by molar-refractivity contribution is 0.700. The van der Waals surface area contributed by atoms with Crippen LogP contribution >= 0.6 is 0 Å². The Labute approximate surface area is 95.1 Å². The molecule has 0 amide bonds. The molecule has 0 fully saturated rings. The van der Waals surface area contributed by atoms with Crippen LogP contribution in [0.3, 0.4) is 0 Å². The molecule has 0 bridgehead atoms. The molecule has 2 aromatic rings. The van der Waals surface area contributed by atoms with Gasteiger partial charge in [0, 0.05) is 25.0 Å². The lowest BCUT2D eigenvalue weighted by atomic mass is 10.2. The van der Waals surface area contributed by atoms with Gasteiger partial charge < -0.3 is 10.3 Å². The predicted octanol–water partition coefficient (Wildman–Crippen LogP) is 1.14. The molecule has 2 N–H and O–H groups in total. The quantitative estimate of drug-likeness (QED) is 0.833. The maximum absolute atomic E-state index is 5.54. The molecule has 0 spiro atoms. The van der Waals surface area contributed by atoms with E-state index in [1.807, 2.05) is 24.7 Å². The molecule has 2 rings (SSSR count). The topological polar surface area (TPSA) is 56.7 Å². The summed E-state index contributed by atoms with van der Waals surface area (Å²) in [6.45, 7) is 3.46. The number of aromatic nitrogens is 3. The van der Waals surface area contributed by atoms with E-state index < -0.39 is 0 Å². The van der Waals surface area contributed by atoms with Crippen molar-refractivity contribution in [3.63, 3.8) is 0 Å². The minimum absolute atomic E-state index is 0.623. The molecule has 0 aliphatic rings. The molecule has 4 heteroatoms. The van der Waals surface area contributed by atoms with E-state index in [4.69, 9.17) is 5.73 Å². The molecular weight excluding hydrogens is 200 g/mol. The Hall–Kier alpha value is -1.68. The fraction of sp³-hybridized carbons (Fsp3) is 0.333. The van der Waals surface area contributed by atoms with Crippen molar-refractivity contribution in [1.29, 1.82) is 0 Å². The molecule has 2 aromatic heterocycles. The number of pyridine rings is 1. The minimum atomic E-state index is 0.623. The van der Waals surface area contributed by atoms with E-state index in [0.717, 1.165) is 24.5 Å². The van der Waals surface area contributed by atoms with Crippen LogP contribution in [-0.2, 0) is 13.0 Å². The first-order valence-electron chi connectivity index (χ1n) is 5.42. The lowest BCUT2D eigenvalue weighted by Crippen LogP contribution is -2.11. The van der Waals surface area contributed by atoms with Gasteiger partial charge in [0.2, 0.25) is 0 Å². The van der Waals surface area contributed by atoms with Crippen molar-refractivity contribution in [2.75, 3.05) is 6.54 Å². The number of nitrogens with zero attached hydrogens (tertiary/aromatic N) is 3. The molecule has 0 saturated carbocycles.